The molecule has 0 aliphatic carbocycles. The van der Waals surface area contributed by atoms with Crippen LogP contribution < -0.4 is 10.1 Å². The van der Waals surface area contributed by atoms with Crippen LogP contribution in [0.15, 0.2) is 84.9 Å². The molecule has 2 atom stereocenters. The highest BCUT2D eigenvalue weighted by Crippen LogP contribution is 2.20. The van der Waals surface area contributed by atoms with Crippen LogP contribution in [0.25, 0.3) is 0 Å². The number of benzene rings is 3. The van der Waals surface area contributed by atoms with Gasteiger partial charge in [0.2, 0.25) is 5.91 Å². The third kappa shape index (κ3) is 7.98. The molecule has 3 aromatic carbocycles. The van der Waals surface area contributed by atoms with E-state index in [4.69, 9.17) is 4.74 Å². The molecule has 3 rings (SSSR count). The van der Waals surface area contributed by atoms with Gasteiger partial charge in [-0.2, -0.15) is 0 Å². The predicted molar refractivity (Wildman–Crippen MR) is 145 cm³/mol. The monoisotopic (exact) mass is 486 g/mol. The van der Waals surface area contributed by atoms with Crippen LogP contribution in [-0.2, 0) is 22.6 Å². The lowest BCUT2D eigenvalue weighted by Crippen LogP contribution is -2.53. The normalized spacial score (nSPS) is 12.6. The molecule has 0 saturated carbocycles. The Hall–Kier alpha value is -3.60. The third-order valence-electron chi connectivity index (χ3n) is 6.38. The molecular weight excluding hydrogens is 448 g/mol. The van der Waals surface area contributed by atoms with E-state index in [9.17, 15) is 9.59 Å². The number of carbonyl (C=O) groups excluding carboxylic acids is 2. The maximum Gasteiger partial charge on any atom is 0.261 e. The molecule has 0 spiro atoms. The second kappa shape index (κ2) is 13.5. The summed E-state index contributed by atoms with van der Waals surface area (Å²) < 4.78 is 5.88. The fourth-order valence-electron chi connectivity index (χ4n) is 3.95. The van der Waals surface area contributed by atoms with Crippen molar-refractivity contribution in [3.05, 3.63) is 102 Å². The minimum atomic E-state index is -0.666. The van der Waals surface area contributed by atoms with Crippen LogP contribution in [-0.4, -0.2) is 35.4 Å². The largest absolute Gasteiger partial charge is 0.484 e. The zero-order valence-corrected chi connectivity index (χ0v) is 21.8. The number of nitrogens with one attached hydrogen (secondary N) is 1. The SMILES string of the molecule is CC[C@H](C)NC(=O)[C@@H](Cc1ccccc1)N(Cc1ccccc1)C(=O)COc1ccc(C(C)C)cc1. The lowest BCUT2D eigenvalue weighted by atomic mass is 10.0. The standard InChI is InChI=1S/C31H38N2O3/c1-5-24(4)32-31(35)29(20-25-12-8-6-9-13-25)33(21-26-14-10-7-11-15-26)30(34)22-36-28-18-16-27(17-19-28)23(2)3/h6-19,23-24,29H,5,20-22H2,1-4H3,(H,32,35)/t24-,29+/m0/s1. The Morgan fingerprint density at radius 2 is 1.42 bits per heavy atom. The smallest absolute Gasteiger partial charge is 0.261 e. The van der Waals surface area contributed by atoms with Crippen molar-refractivity contribution in [2.24, 2.45) is 0 Å². The first-order valence-corrected chi connectivity index (χ1v) is 12.8. The first-order chi connectivity index (χ1) is 17.4. The molecule has 0 unspecified atom stereocenters. The van der Waals surface area contributed by atoms with E-state index in [0.717, 1.165) is 17.5 Å². The van der Waals surface area contributed by atoms with Crippen molar-refractivity contribution in [1.29, 1.82) is 0 Å². The summed E-state index contributed by atoms with van der Waals surface area (Å²) in [6, 6.07) is 26.8. The molecule has 5 heteroatoms. The summed E-state index contributed by atoms with van der Waals surface area (Å²) in [5.74, 6) is 0.673. The quantitative estimate of drug-likeness (QED) is 0.355. The van der Waals surface area contributed by atoms with E-state index < -0.39 is 6.04 Å². The van der Waals surface area contributed by atoms with Crippen molar-refractivity contribution in [1.82, 2.24) is 10.2 Å². The van der Waals surface area contributed by atoms with Gasteiger partial charge < -0.3 is 15.0 Å². The highest BCUT2D eigenvalue weighted by molar-refractivity contribution is 5.88. The Morgan fingerprint density at radius 1 is 0.833 bits per heavy atom. The third-order valence-corrected chi connectivity index (χ3v) is 6.38. The summed E-state index contributed by atoms with van der Waals surface area (Å²) in [5, 5.41) is 3.09. The van der Waals surface area contributed by atoms with Gasteiger partial charge in [-0.25, -0.2) is 0 Å². The van der Waals surface area contributed by atoms with E-state index in [2.05, 4.69) is 19.2 Å². The van der Waals surface area contributed by atoms with Gasteiger partial charge in [0.25, 0.3) is 5.91 Å². The van der Waals surface area contributed by atoms with Crippen LogP contribution in [0.2, 0.25) is 0 Å². The van der Waals surface area contributed by atoms with E-state index in [0.29, 0.717) is 24.6 Å². The van der Waals surface area contributed by atoms with Crippen LogP contribution >= 0.6 is 0 Å². The number of nitrogens with zero attached hydrogens (tertiary/aromatic N) is 1. The molecule has 0 heterocycles. The molecule has 190 valence electrons. The molecule has 1 N–H and O–H groups in total. The summed E-state index contributed by atoms with van der Waals surface area (Å²) in [6.07, 6.45) is 1.23. The Morgan fingerprint density at radius 3 is 1.97 bits per heavy atom. The van der Waals surface area contributed by atoms with Crippen molar-refractivity contribution in [2.45, 2.75) is 65.1 Å². The molecule has 0 radical (unpaired) electrons. The van der Waals surface area contributed by atoms with Crippen molar-refractivity contribution >= 4 is 11.8 Å². The molecule has 0 fully saturated rings. The minimum absolute atomic E-state index is 0.0140. The van der Waals surface area contributed by atoms with Gasteiger partial charge in [0, 0.05) is 19.0 Å². The Kier molecular flexibility index (Phi) is 10.1. The van der Waals surface area contributed by atoms with E-state index in [-0.39, 0.29) is 24.5 Å². The molecular formula is C31H38N2O3. The second-order valence-electron chi connectivity index (χ2n) is 9.54. The lowest BCUT2D eigenvalue weighted by Gasteiger charge is -2.32. The van der Waals surface area contributed by atoms with Gasteiger partial charge in [0.05, 0.1) is 0 Å². The average Bonchev–Trinajstić information content (AvgIpc) is 2.90. The van der Waals surface area contributed by atoms with Gasteiger partial charge in [-0.05, 0) is 48.1 Å². The number of hydrogen-bond acceptors (Lipinski definition) is 3. The van der Waals surface area contributed by atoms with Crippen molar-refractivity contribution < 1.29 is 14.3 Å². The number of carbonyl (C=O) groups is 2. The number of amides is 2. The van der Waals surface area contributed by atoms with Crippen LogP contribution in [0.5, 0.6) is 5.75 Å². The van der Waals surface area contributed by atoms with Gasteiger partial charge in [-0.3, -0.25) is 9.59 Å². The van der Waals surface area contributed by atoms with Gasteiger partial charge in [-0.1, -0.05) is 93.6 Å². The topological polar surface area (TPSA) is 58.6 Å². The molecule has 0 bridgehead atoms. The number of hydrogen-bond donors (Lipinski definition) is 1. The zero-order valence-electron chi connectivity index (χ0n) is 21.8. The maximum absolute atomic E-state index is 13.6. The molecule has 2 amide bonds. The molecule has 3 aromatic rings. The van der Waals surface area contributed by atoms with Gasteiger partial charge in [0.1, 0.15) is 11.8 Å². The molecule has 36 heavy (non-hydrogen) atoms. The molecule has 0 aliphatic rings. The Balaban J connectivity index is 1.86. The maximum atomic E-state index is 13.6. The van der Waals surface area contributed by atoms with Crippen molar-refractivity contribution in [3.63, 3.8) is 0 Å². The highest BCUT2D eigenvalue weighted by atomic mass is 16.5. The van der Waals surface area contributed by atoms with E-state index >= 15 is 0 Å². The second-order valence-corrected chi connectivity index (χ2v) is 9.54. The fourth-order valence-corrected chi connectivity index (χ4v) is 3.95. The Bertz CT molecular complexity index is 1080. The summed E-state index contributed by atoms with van der Waals surface area (Å²) >= 11 is 0. The highest BCUT2D eigenvalue weighted by Gasteiger charge is 2.31. The fraction of sp³-hybridized carbons (Fsp3) is 0.355. The van der Waals surface area contributed by atoms with E-state index in [1.165, 1.54) is 5.56 Å². The lowest BCUT2D eigenvalue weighted by molar-refractivity contribution is -0.143. The van der Waals surface area contributed by atoms with Gasteiger partial charge >= 0.3 is 0 Å². The number of rotatable bonds is 12. The first kappa shape index (κ1) is 27.0. The van der Waals surface area contributed by atoms with Crippen LogP contribution in [0.4, 0.5) is 0 Å². The summed E-state index contributed by atoms with van der Waals surface area (Å²) in [7, 11) is 0. The van der Waals surface area contributed by atoms with Crippen LogP contribution in [0.3, 0.4) is 0 Å². The first-order valence-electron chi connectivity index (χ1n) is 12.8. The molecule has 0 aromatic heterocycles. The minimum Gasteiger partial charge on any atom is -0.484 e. The predicted octanol–water partition coefficient (Wildman–Crippen LogP) is 5.74. The number of ether oxygens (including phenoxy) is 1. The van der Waals surface area contributed by atoms with Gasteiger partial charge in [0.15, 0.2) is 6.61 Å². The van der Waals surface area contributed by atoms with Crippen molar-refractivity contribution in [3.8, 4) is 5.75 Å². The summed E-state index contributed by atoms with van der Waals surface area (Å²) in [4.78, 5) is 28.7. The Labute approximate surface area is 215 Å². The van der Waals surface area contributed by atoms with E-state index in [1.807, 2.05) is 98.8 Å². The van der Waals surface area contributed by atoms with E-state index in [1.54, 1.807) is 4.90 Å². The average molecular weight is 487 g/mol. The summed E-state index contributed by atoms with van der Waals surface area (Å²) in [6.45, 7) is 8.46. The summed E-state index contributed by atoms with van der Waals surface area (Å²) in [5.41, 5.74) is 3.17. The van der Waals surface area contributed by atoms with Crippen molar-refractivity contribution in [2.75, 3.05) is 6.61 Å². The zero-order chi connectivity index (χ0) is 25.9. The molecule has 5 nitrogen and oxygen atoms in total. The molecule has 0 aliphatic heterocycles. The van der Waals surface area contributed by atoms with Gasteiger partial charge in [-0.15, -0.1) is 0 Å². The van der Waals surface area contributed by atoms with Crippen LogP contribution in [0, 0.1) is 0 Å². The van der Waals surface area contributed by atoms with Crippen LogP contribution in [0.1, 0.15) is 56.7 Å². The molecule has 0 saturated heterocycles.